The zero-order valence-corrected chi connectivity index (χ0v) is 13.3. The molecular formula is C13H11BrN2O4S. The molecule has 2 rings (SSSR count). The first-order valence-corrected chi connectivity index (χ1v) is 8.10. The van der Waals surface area contributed by atoms with Gasteiger partial charge in [-0.15, -0.1) is 0 Å². The van der Waals surface area contributed by atoms with E-state index in [1.807, 2.05) is 13.0 Å². The highest BCUT2D eigenvalue weighted by Crippen LogP contribution is 2.26. The van der Waals surface area contributed by atoms with E-state index in [1.54, 1.807) is 12.1 Å². The van der Waals surface area contributed by atoms with Gasteiger partial charge in [0.15, 0.2) is 0 Å². The van der Waals surface area contributed by atoms with E-state index >= 15 is 0 Å². The van der Waals surface area contributed by atoms with Crippen molar-refractivity contribution in [3.8, 4) is 0 Å². The largest absolute Gasteiger partial charge is 0.278 e. The number of nitrogens with one attached hydrogen (secondary N) is 1. The van der Waals surface area contributed by atoms with Crippen molar-refractivity contribution < 1.29 is 13.3 Å². The number of aryl methyl sites for hydroxylation is 1. The smallest absolute Gasteiger partial charge is 0.269 e. The molecule has 8 heteroatoms. The average molecular weight is 371 g/mol. The Morgan fingerprint density at radius 3 is 2.33 bits per heavy atom. The fourth-order valence-corrected chi connectivity index (χ4v) is 3.22. The van der Waals surface area contributed by atoms with Gasteiger partial charge in [-0.3, -0.25) is 14.8 Å². The number of hydrogen-bond acceptors (Lipinski definition) is 4. The maximum absolute atomic E-state index is 12.2. The van der Waals surface area contributed by atoms with Crippen LogP contribution in [0.2, 0.25) is 0 Å². The zero-order valence-electron chi connectivity index (χ0n) is 10.9. The number of rotatable bonds is 4. The SMILES string of the molecule is Cc1ccc(Br)c(NS(=O)(=O)c2ccc([N+](=O)[O-])cc2)c1. The molecule has 2 aromatic rings. The van der Waals surface area contributed by atoms with Crippen LogP contribution in [0.3, 0.4) is 0 Å². The molecular weight excluding hydrogens is 360 g/mol. The molecule has 0 aliphatic carbocycles. The third-order valence-corrected chi connectivity index (χ3v) is 4.80. The highest BCUT2D eigenvalue weighted by Gasteiger charge is 2.17. The number of nitro benzene ring substituents is 1. The first-order chi connectivity index (χ1) is 9.79. The number of halogens is 1. The van der Waals surface area contributed by atoms with Crippen LogP contribution in [0.15, 0.2) is 51.8 Å². The van der Waals surface area contributed by atoms with E-state index in [-0.39, 0.29) is 10.6 Å². The lowest BCUT2D eigenvalue weighted by atomic mass is 10.2. The molecule has 2 aromatic carbocycles. The van der Waals surface area contributed by atoms with Crippen LogP contribution in [-0.4, -0.2) is 13.3 Å². The number of sulfonamides is 1. The fraction of sp³-hybridized carbons (Fsp3) is 0.0769. The van der Waals surface area contributed by atoms with E-state index in [9.17, 15) is 18.5 Å². The van der Waals surface area contributed by atoms with Gasteiger partial charge in [-0.25, -0.2) is 8.42 Å². The van der Waals surface area contributed by atoms with Gasteiger partial charge in [0, 0.05) is 16.6 Å². The lowest BCUT2D eigenvalue weighted by Gasteiger charge is -2.10. The van der Waals surface area contributed by atoms with Crippen molar-refractivity contribution >= 4 is 37.3 Å². The molecule has 0 spiro atoms. The van der Waals surface area contributed by atoms with Crippen LogP contribution >= 0.6 is 15.9 Å². The van der Waals surface area contributed by atoms with Gasteiger partial charge in [-0.1, -0.05) is 6.07 Å². The first-order valence-electron chi connectivity index (χ1n) is 5.83. The maximum atomic E-state index is 12.2. The summed E-state index contributed by atoms with van der Waals surface area (Å²) in [4.78, 5) is 9.95. The molecule has 0 unspecified atom stereocenters. The molecule has 0 aromatic heterocycles. The van der Waals surface area contributed by atoms with E-state index in [0.717, 1.165) is 17.7 Å². The molecule has 110 valence electrons. The molecule has 0 amide bonds. The van der Waals surface area contributed by atoms with Crippen LogP contribution in [0.4, 0.5) is 11.4 Å². The predicted octanol–water partition coefficient (Wildman–Crippen LogP) is 3.47. The molecule has 0 atom stereocenters. The molecule has 21 heavy (non-hydrogen) atoms. The minimum absolute atomic E-state index is 0.0403. The number of non-ortho nitro benzene ring substituents is 1. The quantitative estimate of drug-likeness (QED) is 0.658. The Hall–Kier alpha value is -1.93. The van der Waals surface area contributed by atoms with Crippen molar-refractivity contribution in [3.63, 3.8) is 0 Å². The van der Waals surface area contributed by atoms with Gasteiger partial charge in [0.1, 0.15) is 0 Å². The second-order valence-corrected chi connectivity index (χ2v) is 6.88. The standard InChI is InChI=1S/C13H11BrN2O4S/c1-9-2-7-12(14)13(8-9)15-21(19,20)11-5-3-10(4-6-11)16(17)18/h2-8,15H,1H3. The van der Waals surface area contributed by atoms with Crippen LogP contribution in [-0.2, 0) is 10.0 Å². The van der Waals surface area contributed by atoms with Crippen LogP contribution < -0.4 is 4.72 Å². The summed E-state index contributed by atoms with van der Waals surface area (Å²) in [5.41, 5.74) is 1.15. The number of nitrogens with zero attached hydrogens (tertiary/aromatic N) is 1. The van der Waals surface area contributed by atoms with Gasteiger partial charge < -0.3 is 0 Å². The van der Waals surface area contributed by atoms with Crippen molar-refractivity contribution in [3.05, 3.63) is 62.6 Å². The van der Waals surface area contributed by atoms with E-state index < -0.39 is 14.9 Å². The average Bonchev–Trinajstić information content (AvgIpc) is 2.43. The Balaban J connectivity index is 2.34. The molecule has 0 heterocycles. The van der Waals surface area contributed by atoms with Crippen LogP contribution in [0, 0.1) is 17.0 Å². The van der Waals surface area contributed by atoms with Gasteiger partial charge >= 0.3 is 0 Å². The number of benzene rings is 2. The molecule has 0 aliphatic rings. The molecule has 0 saturated heterocycles. The van der Waals surface area contributed by atoms with E-state index in [4.69, 9.17) is 0 Å². The van der Waals surface area contributed by atoms with E-state index in [0.29, 0.717) is 10.2 Å². The summed E-state index contributed by atoms with van der Waals surface area (Å²) >= 11 is 3.27. The van der Waals surface area contributed by atoms with Gasteiger partial charge in [0.25, 0.3) is 15.7 Å². The summed E-state index contributed by atoms with van der Waals surface area (Å²) in [6.45, 7) is 1.84. The fourth-order valence-electron chi connectivity index (χ4n) is 1.67. The van der Waals surface area contributed by atoms with Gasteiger partial charge in [0.2, 0.25) is 0 Å². The Labute approximate surface area is 130 Å². The van der Waals surface area contributed by atoms with Crippen LogP contribution in [0.25, 0.3) is 0 Å². The third kappa shape index (κ3) is 3.59. The Morgan fingerprint density at radius 1 is 1.14 bits per heavy atom. The summed E-state index contributed by atoms with van der Waals surface area (Å²) in [6.07, 6.45) is 0. The molecule has 1 N–H and O–H groups in total. The lowest BCUT2D eigenvalue weighted by Crippen LogP contribution is -2.13. The van der Waals surface area contributed by atoms with E-state index in [1.165, 1.54) is 12.1 Å². The van der Waals surface area contributed by atoms with Crippen molar-refractivity contribution in [1.82, 2.24) is 0 Å². The Kier molecular flexibility index (Phi) is 4.29. The van der Waals surface area contributed by atoms with Crippen LogP contribution in [0.5, 0.6) is 0 Å². The second-order valence-electron chi connectivity index (χ2n) is 4.34. The summed E-state index contributed by atoms with van der Waals surface area (Å²) in [6, 6.07) is 9.97. The van der Waals surface area contributed by atoms with Crippen molar-refractivity contribution in [2.75, 3.05) is 4.72 Å². The summed E-state index contributed by atoms with van der Waals surface area (Å²) in [5.74, 6) is 0. The van der Waals surface area contributed by atoms with Gasteiger partial charge in [-0.05, 0) is 52.7 Å². The summed E-state index contributed by atoms with van der Waals surface area (Å²) in [5, 5.41) is 10.6. The second kappa shape index (κ2) is 5.82. The molecule has 6 nitrogen and oxygen atoms in total. The summed E-state index contributed by atoms with van der Waals surface area (Å²) < 4.78 is 27.5. The van der Waals surface area contributed by atoms with Crippen LogP contribution in [0.1, 0.15) is 5.56 Å². The Bertz CT molecular complexity index is 788. The predicted molar refractivity (Wildman–Crippen MR) is 82.8 cm³/mol. The minimum atomic E-state index is -3.80. The lowest BCUT2D eigenvalue weighted by molar-refractivity contribution is -0.384. The molecule has 0 saturated carbocycles. The highest BCUT2D eigenvalue weighted by atomic mass is 79.9. The minimum Gasteiger partial charge on any atom is -0.278 e. The third-order valence-electron chi connectivity index (χ3n) is 2.72. The normalized spacial score (nSPS) is 11.1. The van der Waals surface area contributed by atoms with Gasteiger partial charge in [0.05, 0.1) is 15.5 Å². The highest BCUT2D eigenvalue weighted by molar-refractivity contribution is 9.10. The molecule has 0 fully saturated rings. The monoisotopic (exact) mass is 370 g/mol. The zero-order chi connectivity index (χ0) is 15.6. The molecule has 0 aliphatic heterocycles. The van der Waals surface area contributed by atoms with Crippen molar-refractivity contribution in [2.24, 2.45) is 0 Å². The number of nitro groups is 1. The van der Waals surface area contributed by atoms with Crippen molar-refractivity contribution in [2.45, 2.75) is 11.8 Å². The first kappa shape index (κ1) is 15.5. The summed E-state index contributed by atoms with van der Waals surface area (Å²) in [7, 11) is -3.80. The maximum Gasteiger partial charge on any atom is 0.269 e. The number of anilines is 1. The molecule has 0 bridgehead atoms. The van der Waals surface area contributed by atoms with E-state index in [2.05, 4.69) is 20.7 Å². The van der Waals surface area contributed by atoms with Gasteiger partial charge in [-0.2, -0.15) is 0 Å². The Morgan fingerprint density at radius 2 is 1.76 bits per heavy atom. The molecule has 0 radical (unpaired) electrons. The van der Waals surface area contributed by atoms with Crippen molar-refractivity contribution in [1.29, 1.82) is 0 Å². The topological polar surface area (TPSA) is 89.3 Å². The number of hydrogen-bond donors (Lipinski definition) is 1.